The average molecular weight is 774 g/mol. The lowest BCUT2D eigenvalue weighted by Gasteiger charge is -2.32. The van der Waals surface area contributed by atoms with Gasteiger partial charge in [0.15, 0.2) is 0 Å². The summed E-state index contributed by atoms with van der Waals surface area (Å²) in [5.41, 5.74) is 10.8. The van der Waals surface area contributed by atoms with E-state index in [9.17, 15) is 0 Å². The Kier molecular flexibility index (Phi) is 7.75. The number of benzene rings is 8. The van der Waals surface area contributed by atoms with Gasteiger partial charge < -0.3 is 23.8 Å². The van der Waals surface area contributed by atoms with E-state index in [1.807, 2.05) is 11.3 Å². The van der Waals surface area contributed by atoms with Gasteiger partial charge in [-0.15, -0.1) is 11.3 Å². The van der Waals surface area contributed by atoms with Gasteiger partial charge in [0.05, 0.1) is 16.9 Å². The van der Waals surface area contributed by atoms with Crippen molar-refractivity contribution >= 4 is 113 Å². The fourth-order valence-electron chi connectivity index (χ4n) is 9.61. The largest absolute Gasteiger partial charge is 0.421 e. The van der Waals surface area contributed by atoms with Crippen molar-refractivity contribution in [2.24, 2.45) is 7.05 Å². The number of rotatable bonds is 6. The van der Waals surface area contributed by atoms with Crippen LogP contribution >= 0.6 is 11.3 Å². The molecular formula is C51H37B2N5S. The van der Waals surface area contributed by atoms with Crippen LogP contribution in [0.1, 0.15) is 0 Å². The summed E-state index contributed by atoms with van der Waals surface area (Å²) in [7, 11) is 2.20. The van der Waals surface area contributed by atoms with Crippen molar-refractivity contribution in [2.75, 3.05) is 19.2 Å². The smallest absolute Gasteiger partial charge is 0.359 e. The predicted octanol–water partition coefficient (Wildman–Crippen LogP) is 11.9. The van der Waals surface area contributed by atoms with Crippen LogP contribution in [-0.2, 0) is 7.05 Å². The van der Waals surface area contributed by atoms with Crippen molar-refractivity contribution in [3.63, 3.8) is 0 Å². The molecular weight excluding hydrogens is 736 g/mol. The van der Waals surface area contributed by atoms with E-state index in [4.69, 9.17) is 0 Å². The topological polar surface area (TPSA) is 17.9 Å². The van der Waals surface area contributed by atoms with E-state index < -0.39 is 0 Å². The maximum Gasteiger partial charge on any atom is 0.421 e. The van der Waals surface area contributed by atoms with Gasteiger partial charge in [0.2, 0.25) is 0 Å². The van der Waals surface area contributed by atoms with Crippen molar-refractivity contribution in [3.05, 3.63) is 206 Å². The van der Waals surface area contributed by atoms with Crippen molar-refractivity contribution in [1.82, 2.24) is 4.57 Å². The number of fused-ring (bicyclic) bond motifs is 7. The van der Waals surface area contributed by atoms with Crippen LogP contribution in [0.2, 0.25) is 0 Å². The van der Waals surface area contributed by atoms with Crippen LogP contribution in [0.25, 0.3) is 31.8 Å². The Morgan fingerprint density at radius 1 is 0.390 bits per heavy atom. The van der Waals surface area contributed by atoms with E-state index in [-0.39, 0.29) is 14.0 Å². The second-order valence-electron chi connectivity index (χ2n) is 15.4. The normalized spacial score (nSPS) is 13.6. The number of hydrogen-bond acceptors (Lipinski definition) is 5. The molecule has 0 aliphatic carbocycles. The first kappa shape index (κ1) is 33.9. The van der Waals surface area contributed by atoms with E-state index in [1.54, 1.807) is 0 Å². The van der Waals surface area contributed by atoms with Crippen molar-refractivity contribution in [2.45, 2.75) is 0 Å². The van der Waals surface area contributed by atoms with Gasteiger partial charge in [-0.2, -0.15) is 0 Å². The zero-order valence-corrected chi connectivity index (χ0v) is 33.2. The van der Waals surface area contributed by atoms with E-state index in [0.717, 1.165) is 11.4 Å². The molecule has 2 aliphatic rings. The number of aryl methyl sites for hydroxylation is 1. The first-order chi connectivity index (χ1) is 29.2. The number of nitrogens with zero attached hydrogens (tertiary/aromatic N) is 5. The Hall–Kier alpha value is -7.15. The van der Waals surface area contributed by atoms with Gasteiger partial charge in [-0.1, -0.05) is 146 Å². The molecule has 10 aromatic rings. The minimum absolute atomic E-state index is 0.0884. The highest BCUT2D eigenvalue weighted by Gasteiger charge is 2.48. The standard InChI is InChI=1S/C51H37B2N5S/c1-54-46-28-16-14-26-44(46)48-50(54)57(42-22-10-4-11-23-42)52(55(48)40-18-6-2-7-19-40)38-32-30-37-35-39(33-31-36(37)34-38)53-56(41-20-8-3-9-21-41)49-45-27-15-17-29-47(45)59-51(49)58(53)43-24-12-5-13-25-43/h2-35H,1H3. The Balaban J connectivity index is 1.03. The quantitative estimate of drug-likeness (QED) is 0.157. The first-order valence-electron chi connectivity index (χ1n) is 20.2. The second kappa shape index (κ2) is 13.5. The number of aromatic nitrogens is 1. The molecule has 12 rings (SSSR count). The molecule has 0 atom stereocenters. The number of hydrogen-bond donors (Lipinski definition) is 0. The molecule has 8 heteroatoms. The second-order valence-corrected chi connectivity index (χ2v) is 16.5. The maximum atomic E-state index is 2.55. The Morgan fingerprint density at radius 2 is 0.831 bits per heavy atom. The van der Waals surface area contributed by atoms with Crippen molar-refractivity contribution in [3.8, 4) is 0 Å². The number of anilines is 8. The highest BCUT2D eigenvalue weighted by atomic mass is 32.1. The molecule has 59 heavy (non-hydrogen) atoms. The van der Waals surface area contributed by atoms with Gasteiger partial charge in [0, 0.05) is 45.3 Å². The molecule has 0 radical (unpaired) electrons. The van der Waals surface area contributed by atoms with Crippen molar-refractivity contribution < 1.29 is 0 Å². The molecule has 0 amide bonds. The lowest BCUT2D eigenvalue weighted by molar-refractivity contribution is 0.964. The number of para-hydroxylation sites is 5. The van der Waals surface area contributed by atoms with Crippen LogP contribution in [0.4, 0.5) is 44.9 Å². The summed E-state index contributed by atoms with van der Waals surface area (Å²) in [5, 5.41) is 6.21. The molecule has 0 saturated heterocycles. The molecule has 0 saturated carbocycles. The molecule has 0 N–H and O–H groups in total. The summed E-state index contributed by atoms with van der Waals surface area (Å²) in [6.07, 6.45) is 0. The molecule has 2 aliphatic heterocycles. The van der Waals surface area contributed by atoms with Crippen LogP contribution in [0.3, 0.4) is 0 Å². The predicted molar refractivity (Wildman–Crippen MR) is 254 cm³/mol. The fourth-order valence-corrected chi connectivity index (χ4v) is 10.8. The minimum atomic E-state index is -0.120. The zero-order chi connectivity index (χ0) is 39.0. The van der Waals surface area contributed by atoms with Gasteiger partial charge in [0.25, 0.3) is 0 Å². The average Bonchev–Trinajstić information content (AvgIpc) is 4.03. The van der Waals surface area contributed by atoms with Crippen LogP contribution < -0.4 is 30.2 Å². The third-order valence-electron chi connectivity index (χ3n) is 12.1. The molecule has 8 aromatic carbocycles. The van der Waals surface area contributed by atoms with Gasteiger partial charge >= 0.3 is 14.0 Å². The van der Waals surface area contributed by atoms with Crippen LogP contribution in [0.5, 0.6) is 0 Å². The van der Waals surface area contributed by atoms with Gasteiger partial charge in [-0.05, 0) is 82.4 Å². The third-order valence-corrected chi connectivity index (χ3v) is 13.3. The number of thiophene rings is 1. The molecule has 0 spiro atoms. The maximum absolute atomic E-state index is 2.55. The summed E-state index contributed by atoms with van der Waals surface area (Å²) in [6.45, 7) is -0.208. The zero-order valence-electron chi connectivity index (χ0n) is 32.4. The van der Waals surface area contributed by atoms with Crippen molar-refractivity contribution in [1.29, 1.82) is 0 Å². The Labute approximate surface area is 348 Å². The lowest BCUT2D eigenvalue weighted by Crippen LogP contribution is -2.53. The molecule has 2 aromatic heterocycles. The van der Waals surface area contributed by atoms with Gasteiger partial charge in [-0.3, -0.25) is 0 Å². The molecule has 0 bridgehead atoms. The Morgan fingerprint density at radius 3 is 1.41 bits per heavy atom. The van der Waals surface area contributed by atoms with Gasteiger partial charge in [-0.25, -0.2) is 0 Å². The molecule has 0 unspecified atom stereocenters. The van der Waals surface area contributed by atoms with E-state index in [2.05, 4.69) is 237 Å². The fraction of sp³-hybridized carbons (Fsp3) is 0.0196. The molecule has 0 fully saturated rings. The van der Waals surface area contributed by atoms with Gasteiger partial charge in [0.1, 0.15) is 10.8 Å². The summed E-state index contributed by atoms with van der Waals surface area (Å²) >= 11 is 1.87. The van der Waals surface area contributed by atoms with E-state index >= 15 is 0 Å². The monoisotopic (exact) mass is 773 g/mol. The summed E-state index contributed by atoms with van der Waals surface area (Å²) in [6, 6.07) is 75.3. The molecule has 278 valence electrons. The third kappa shape index (κ3) is 5.19. The summed E-state index contributed by atoms with van der Waals surface area (Å²) < 4.78 is 3.65. The highest BCUT2D eigenvalue weighted by Crippen LogP contribution is 2.55. The first-order valence-corrected chi connectivity index (χ1v) is 21.0. The van der Waals surface area contributed by atoms with Crippen LogP contribution in [0, 0.1) is 0 Å². The summed E-state index contributed by atoms with van der Waals surface area (Å²) in [4.78, 5) is 10.1. The minimum Gasteiger partial charge on any atom is -0.359 e. The highest BCUT2D eigenvalue weighted by molar-refractivity contribution is 7.25. The van der Waals surface area contributed by atoms with E-state index in [0.29, 0.717) is 0 Å². The lowest BCUT2D eigenvalue weighted by atomic mass is 9.62. The van der Waals surface area contributed by atoms with Crippen LogP contribution in [0.15, 0.2) is 206 Å². The SMILES string of the molecule is Cn1c2c(c3ccccc31)N(c1ccccc1)B(c1ccc3cc(B4N(c5ccccc5)c5sc6ccccc6c5N4c4ccccc4)ccc3c1)N2c1ccccc1. The molecule has 5 nitrogen and oxygen atoms in total. The summed E-state index contributed by atoms with van der Waals surface area (Å²) in [5.74, 6) is 1.19. The molecule has 4 heterocycles. The Bertz CT molecular complexity index is 3170. The van der Waals surface area contributed by atoms with E-state index in [1.165, 1.54) is 76.3 Å². The van der Waals surface area contributed by atoms with Crippen LogP contribution in [-0.4, -0.2) is 18.5 Å².